The van der Waals surface area contributed by atoms with Gasteiger partial charge in [0.25, 0.3) is 0 Å². The molecule has 2 unspecified atom stereocenters. The lowest BCUT2D eigenvalue weighted by molar-refractivity contribution is -0.138. The van der Waals surface area contributed by atoms with Crippen LogP contribution in [0.5, 0.6) is 0 Å². The Balaban J connectivity index is 1.47. The SMILES string of the molecule is CC1CC(CC(=O)O)(NC(=O)OCC2c3ccccc3-c3ccccc32)CN1C(=O)OC(C)(C)C. The lowest BCUT2D eigenvalue weighted by Crippen LogP contribution is -2.52. The zero-order chi connectivity index (χ0) is 25.4. The number of hydrogen-bond donors (Lipinski definition) is 2. The standard InChI is InChI=1S/C27H32N2O6/c1-17-13-27(14-23(30)31,16-29(17)25(33)35-26(2,3)4)28-24(32)34-15-22-20-11-7-5-9-18(20)19-10-6-8-12-21(19)22/h5-12,17,22H,13-16H2,1-4H3,(H,28,32)(H,30,31). The first-order valence-corrected chi connectivity index (χ1v) is 11.8. The molecule has 0 radical (unpaired) electrons. The molecular formula is C27H32N2O6. The number of benzene rings is 2. The number of carbonyl (C=O) groups is 3. The van der Waals surface area contributed by atoms with Gasteiger partial charge in [-0.05, 0) is 56.4 Å². The third kappa shape index (κ3) is 5.26. The molecule has 0 saturated carbocycles. The number of aliphatic carboxylic acids is 1. The summed E-state index contributed by atoms with van der Waals surface area (Å²) in [5.41, 5.74) is 2.59. The lowest BCUT2D eigenvalue weighted by Gasteiger charge is -2.30. The molecular weight excluding hydrogens is 448 g/mol. The average Bonchev–Trinajstić information content (AvgIpc) is 3.25. The Hall–Kier alpha value is -3.55. The van der Waals surface area contributed by atoms with Crippen LogP contribution in [0.1, 0.15) is 57.6 Å². The van der Waals surface area contributed by atoms with Crippen LogP contribution in [0, 0.1) is 0 Å². The zero-order valence-electron chi connectivity index (χ0n) is 20.5. The number of carbonyl (C=O) groups excluding carboxylic acids is 2. The van der Waals surface area contributed by atoms with E-state index in [1.54, 1.807) is 20.8 Å². The summed E-state index contributed by atoms with van der Waals surface area (Å²) in [6.07, 6.45) is -1.29. The van der Waals surface area contributed by atoms with Crippen LogP contribution >= 0.6 is 0 Å². The summed E-state index contributed by atoms with van der Waals surface area (Å²) >= 11 is 0. The van der Waals surface area contributed by atoms with Crippen molar-refractivity contribution in [1.82, 2.24) is 10.2 Å². The molecule has 1 heterocycles. The van der Waals surface area contributed by atoms with Gasteiger partial charge in [-0.3, -0.25) is 4.79 Å². The minimum absolute atomic E-state index is 0.0274. The summed E-state index contributed by atoms with van der Waals surface area (Å²) in [4.78, 5) is 38.7. The van der Waals surface area contributed by atoms with Gasteiger partial charge in [0, 0.05) is 18.5 Å². The van der Waals surface area contributed by atoms with Gasteiger partial charge in [-0.1, -0.05) is 48.5 Å². The summed E-state index contributed by atoms with van der Waals surface area (Å²) < 4.78 is 11.1. The quantitative estimate of drug-likeness (QED) is 0.639. The number of amides is 2. The maximum absolute atomic E-state index is 12.9. The van der Waals surface area contributed by atoms with Crippen LogP contribution in [0.4, 0.5) is 9.59 Å². The van der Waals surface area contributed by atoms with Gasteiger partial charge < -0.3 is 24.8 Å². The number of carboxylic acid groups (broad SMARTS) is 1. The summed E-state index contributed by atoms with van der Waals surface area (Å²) in [5, 5.41) is 12.3. The van der Waals surface area contributed by atoms with Crippen molar-refractivity contribution < 1.29 is 29.0 Å². The van der Waals surface area contributed by atoms with Crippen LogP contribution in [-0.2, 0) is 14.3 Å². The molecule has 8 heteroatoms. The molecule has 1 fully saturated rings. The zero-order valence-corrected chi connectivity index (χ0v) is 20.5. The second kappa shape index (κ2) is 9.24. The predicted molar refractivity (Wildman–Crippen MR) is 130 cm³/mol. The predicted octanol–water partition coefficient (Wildman–Crippen LogP) is 4.77. The molecule has 2 aromatic rings. The van der Waals surface area contributed by atoms with Gasteiger partial charge in [-0.15, -0.1) is 0 Å². The summed E-state index contributed by atoms with van der Waals surface area (Å²) in [6.45, 7) is 7.27. The number of ether oxygens (including phenoxy) is 2. The van der Waals surface area contributed by atoms with Crippen LogP contribution < -0.4 is 5.32 Å². The molecule has 0 spiro atoms. The molecule has 4 rings (SSSR count). The Labute approximate surface area is 205 Å². The Morgan fingerprint density at radius 3 is 2.17 bits per heavy atom. The van der Waals surface area contributed by atoms with E-state index in [2.05, 4.69) is 17.4 Å². The van der Waals surface area contributed by atoms with E-state index in [4.69, 9.17) is 9.47 Å². The average molecular weight is 481 g/mol. The van der Waals surface area contributed by atoms with Gasteiger partial charge in [0.05, 0.1) is 12.0 Å². The Kier molecular flexibility index (Phi) is 6.49. The van der Waals surface area contributed by atoms with E-state index < -0.39 is 29.3 Å². The van der Waals surface area contributed by atoms with Crippen LogP contribution in [0.25, 0.3) is 11.1 Å². The molecule has 2 aliphatic rings. The number of nitrogens with zero attached hydrogens (tertiary/aromatic N) is 1. The highest BCUT2D eigenvalue weighted by Gasteiger charge is 2.48. The van der Waals surface area contributed by atoms with E-state index in [9.17, 15) is 19.5 Å². The first-order valence-electron chi connectivity index (χ1n) is 11.8. The van der Waals surface area contributed by atoms with Gasteiger partial charge in [0.15, 0.2) is 0 Å². The van der Waals surface area contributed by atoms with Crippen molar-refractivity contribution in [2.45, 2.75) is 63.6 Å². The smallest absolute Gasteiger partial charge is 0.410 e. The third-order valence-corrected chi connectivity index (χ3v) is 6.52. The van der Waals surface area contributed by atoms with Crippen LogP contribution in [0.3, 0.4) is 0 Å². The van der Waals surface area contributed by atoms with Crippen molar-refractivity contribution in [3.05, 3.63) is 59.7 Å². The molecule has 2 aromatic carbocycles. The first kappa shape index (κ1) is 24.6. The maximum atomic E-state index is 12.9. The van der Waals surface area contributed by atoms with E-state index >= 15 is 0 Å². The van der Waals surface area contributed by atoms with Crippen molar-refractivity contribution in [3.8, 4) is 11.1 Å². The minimum Gasteiger partial charge on any atom is -0.481 e. The highest BCUT2D eigenvalue weighted by atomic mass is 16.6. The number of likely N-dealkylation sites (tertiary alicyclic amines) is 1. The van der Waals surface area contributed by atoms with E-state index in [0.29, 0.717) is 0 Å². The summed E-state index contributed by atoms with van der Waals surface area (Å²) in [5.74, 6) is -1.17. The molecule has 2 amide bonds. The van der Waals surface area contributed by atoms with Crippen molar-refractivity contribution >= 4 is 18.2 Å². The molecule has 1 saturated heterocycles. The molecule has 1 aliphatic carbocycles. The third-order valence-electron chi connectivity index (χ3n) is 6.52. The normalized spacial score (nSPS) is 21.3. The number of rotatable bonds is 5. The minimum atomic E-state index is -1.15. The largest absolute Gasteiger partial charge is 0.481 e. The number of hydrogen-bond acceptors (Lipinski definition) is 5. The molecule has 2 N–H and O–H groups in total. The van der Waals surface area contributed by atoms with E-state index in [0.717, 1.165) is 22.3 Å². The Morgan fingerprint density at radius 2 is 1.63 bits per heavy atom. The van der Waals surface area contributed by atoms with Gasteiger partial charge in [-0.25, -0.2) is 9.59 Å². The molecule has 186 valence electrons. The number of carboxylic acids is 1. The number of nitrogens with one attached hydrogen (secondary N) is 1. The fourth-order valence-electron chi connectivity index (χ4n) is 5.19. The van der Waals surface area contributed by atoms with Crippen molar-refractivity contribution in [3.63, 3.8) is 0 Å². The first-order chi connectivity index (χ1) is 16.5. The van der Waals surface area contributed by atoms with Gasteiger partial charge in [0.2, 0.25) is 0 Å². The van der Waals surface area contributed by atoms with Crippen LogP contribution in [0.15, 0.2) is 48.5 Å². The number of fused-ring (bicyclic) bond motifs is 3. The highest BCUT2D eigenvalue weighted by molar-refractivity contribution is 5.79. The van der Waals surface area contributed by atoms with E-state index in [1.807, 2.05) is 43.3 Å². The van der Waals surface area contributed by atoms with E-state index in [-0.39, 0.29) is 38.0 Å². The molecule has 0 aromatic heterocycles. The highest BCUT2D eigenvalue weighted by Crippen LogP contribution is 2.44. The van der Waals surface area contributed by atoms with Gasteiger partial charge in [0.1, 0.15) is 12.2 Å². The number of alkyl carbamates (subject to hydrolysis) is 1. The molecule has 2 atom stereocenters. The fraction of sp³-hybridized carbons (Fsp3) is 0.444. The fourth-order valence-corrected chi connectivity index (χ4v) is 5.19. The topological polar surface area (TPSA) is 105 Å². The molecule has 35 heavy (non-hydrogen) atoms. The maximum Gasteiger partial charge on any atom is 0.410 e. The summed E-state index contributed by atoms with van der Waals surface area (Å²) in [6, 6.07) is 15.8. The van der Waals surface area contributed by atoms with Crippen molar-refractivity contribution in [1.29, 1.82) is 0 Å². The van der Waals surface area contributed by atoms with Gasteiger partial charge >= 0.3 is 18.2 Å². The van der Waals surface area contributed by atoms with Crippen LogP contribution in [0.2, 0.25) is 0 Å². The lowest BCUT2D eigenvalue weighted by atomic mass is 9.92. The molecule has 1 aliphatic heterocycles. The Bertz CT molecular complexity index is 1090. The Morgan fingerprint density at radius 1 is 1.06 bits per heavy atom. The second-order valence-electron chi connectivity index (χ2n) is 10.5. The van der Waals surface area contributed by atoms with Crippen molar-refractivity contribution in [2.24, 2.45) is 0 Å². The summed E-state index contributed by atoms with van der Waals surface area (Å²) in [7, 11) is 0. The molecule has 8 nitrogen and oxygen atoms in total. The monoisotopic (exact) mass is 480 g/mol. The van der Waals surface area contributed by atoms with Crippen molar-refractivity contribution in [2.75, 3.05) is 13.2 Å². The van der Waals surface area contributed by atoms with E-state index in [1.165, 1.54) is 4.90 Å². The molecule has 0 bridgehead atoms. The second-order valence-corrected chi connectivity index (χ2v) is 10.5. The van der Waals surface area contributed by atoms with Crippen LogP contribution in [-0.4, -0.2) is 58.5 Å². The van der Waals surface area contributed by atoms with Gasteiger partial charge in [-0.2, -0.15) is 0 Å².